The molecule has 0 aliphatic heterocycles. The summed E-state index contributed by atoms with van der Waals surface area (Å²) in [6.45, 7) is 4.39. The smallest absolute Gasteiger partial charge is 0.174 e. The van der Waals surface area contributed by atoms with Crippen LogP contribution in [-0.4, -0.2) is 9.97 Å². The summed E-state index contributed by atoms with van der Waals surface area (Å²) in [6, 6.07) is 8.52. The molecule has 71 valence electrons. The molecule has 2 rings (SSSR count). The maximum atomic E-state index is 3.88. The zero-order valence-corrected chi connectivity index (χ0v) is 8.41. The number of aromatic amines is 1. The minimum absolute atomic E-state index is 0.581. The quantitative estimate of drug-likeness (QED) is 0.765. The van der Waals surface area contributed by atoms with Gasteiger partial charge in [-0.05, 0) is 17.0 Å². The lowest BCUT2D eigenvalue weighted by atomic mass is 10.0. The van der Waals surface area contributed by atoms with Crippen molar-refractivity contribution < 1.29 is 0 Å². The molecular formula is C12H13N2. The van der Waals surface area contributed by atoms with E-state index in [-0.39, 0.29) is 0 Å². The molecule has 1 aromatic carbocycles. The van der Waals surface area contributed by atoms with Crippen molar-refractivity contribution in [1.29, 1.82) is 0 Å². The highest BCUT2D eigenvalue weighted by Crippen LogP contribution is 2.20. The third-order valence-electron chi connectivity index (χ3n) is 2.34. The fraction of sp³-hybridized carbons (Fsp3) is 0.250. The van der Waals surface area contributed by atoms with Crippen LogP contribution >= 0.6 is 0 Å². The van der Waals surface area contributed by atoms with Gasteiger partial charge in [0.15, 0.2) is 6.33 Å². The van der Waals surface area contributed by atoms with Gasteiger partial charge in [0.1, 0.15) is 0 Å². The highest BCUT2D eigenvalue weighted by molar-refractivity contribution is 5.58. The van der Waals surface area contributed by atoms with Crippen molar-refractivity contribution in [3.05, 3.63) is 42.4 Å². The first-order valence-electron chi connectivity index (χ1n) is 4.79. The van der Waals surface area contributed by atoms with Crippen molar-refractivity contribution in [1.82, 2.24) is 9.97 Å². The second kappa shape index (κ2) is 3.66. The lowest BCUT2D eigenvalue weighted by molar-refractivity contribution is 0.867. The second-order valence-electron chi connectivity index (χ2n) is 3.69. The first kappa shape index (κ1) is 9.00. The van der Waals surface area contributed by atoms with Crippen LogP contribution in [0.25, 0.3) is 11.3 Å². The van der Waals surface area contributed by atoms with E-state index in [1.165, 1.54) is 5.56 Å². The average Bonchev–Trinajstić information content (AvgIpc) is 2.71. The van der Waals surface area contributed by atoms with Crippen LogP contribution in [0.4, 0.5) is 0 Å². The Morgan fingerprint density at radius 1 is 1.21 bits per heavy atom. The first-order chi connectivity index (χ1) is 6.77. The van der Waals surface area contributed by atoms with Crippen LogP contribution < -0.4 is 0 Å². The molecule has 2 nitrogen and oxygen atoms in total. The fourth-order valence-electron chi connectivity index (χ4n) is 1.42. The number of imidazole rings is 1. The summed E-state index contributed by atoms with van der Waals surface area (Å²) in [5.41, 5.74) is 3.53. The van der Waals surface area contributed by atoms with Gasteiger partial charge in [-0.2, -0.15) is 0 Å². The van der Waals surface area contributed by atoms with Gasteiger partial charge in [0.25, 0.3) is 0 Å². The standard InChI is InChI=1S/C12H13N2/c1-9(2)10-3-5-11(6-4-10)12-7-13-8-14-12/h3-7,9H,1-2H3,(H,13,14). The summed E-state index contributed by atoms with van der Waals surface area (Å²) < 4.78 is 0. The Morgan fingerprint density at radius 3 is 2.43 bits per heavy atom. The SMILES string of the molecule is CC(C)c1ccc(-c2cn[c][nH]2)cc1. The molecule has 0 aliphatic carbocycles. The number of hydrogen-bond donors (Lipinski definition) is 1. The summed E-state index contributed by atoms with van der Waals surface area (Å²) >= 11 is 0. The van der Waals surface area contributed by atoms with Gasteiger partial charge >= 0.3 is 0 Å². The van der Waals surface area contributed by atoms with Crippen LogP contribution in [0.3, 0.4) is 0 Å². The predicted molar refractivity (Wildman–Crippen MR) is 56.9 cm³/mol. The summed E-state index contributed by atoms with van der Waals surface area (Å²) in [6.07, 6.45) is 4.47. The fourth-order valence-corrected chi connectivity index (χ4v) is 1.42. The molecule has 1 radical (unpaired) electrons. The normalized spacial score (nSPS) is 10.8. The Kier molecular flexibility index (Phi) is 2.35. The zero-order chi connectivity index (χ0) is 9.97. The molecule has 0 aliphatic rings. The lowest BCUT2D eigenvalue weighted by Gasteiger charge is -2.05. The van der Waals surface area contributed by atoms with Gasteiger partial charge in [0.2, 0.25) is 0 Å². The number of rotatable bonds is 2. The van der Waals surface area contributed by atoms with Crippen molar-refractivity contribution in [2.24, 2.45) is 0 Å². The number of hydrogen-bond acceptors (Lipinski definition) is 1. The molecule has 0 amide bonds. The number of benzene rings is 1. The Hall–Kier alpha value is -1.57. The number of aromatic nitrogens is 2. The van der Waals surface area contributed by atoms with Crippen LogP contribution in [0, 0.1) is 6.33 Å². The minimum atomic E-state index is 0.581. The van der Waals surface area contributed by atoms with Crippen LogP contribution in [0.5, 0.6) is 0 Å². The van der Waals surface area contributed by atoms with Crippen LogP contribution in [0.2, 0.25) is 0 Å². The molecule has 1 heterocycles. The van der Waals surface area contributed by atoms with Crippen LogP contribution in [0.15, 0.2) is 30.5 Å². The van der Waals surface area contributed by atoms with Gasteiger partial charge in [0, 0.05) is 0 Å². The van der Waals surface area contributed by atoms with Gasteiger partial charge in [-0.1, -0.05) is 38.1 Å². The molecule has 0 unspecified atom stereocenters. The molecule has 0 saturated carbocycles. The minimum Gasteiger partial charge on any atom is -0.335 e. The largest absolute Gasteiger partial charge is 0.335 e. The number of H-pyrrole nitrogens is 1. The number of nitrogens with zero attached hydrogens (tertiary/aromatic N) is 1. The lowest BCUT2D eigenvalue weighted by Crippen LogP contribution is -1.86. The molecule has 2 heteroatoms. The number of nitrogens with one attached hydrogen (secondary N) is 1. The molecule has 2 aromatic rings. The summed E-state index contributed by atoms with van der Waals surface area (Å²) in [5, 5.41) is 0. The van der Waals surface area contributed by atoms with E-state index in [2.05, 4.69) is 54.4 Å². The second-order valence-corrected chi connectivity index (χ2v) is 3.69. The molecular weight excluding hydrogens is 172 g/mol. The van der Waals surface area contributed by atoms with E-state index < -0.39 is 0 Å². The zero-order valence-electron chi connectivity index (χ0n) is 8.41. The van der Waals surface area contributed by atoms with Gasteiger partial charge in [0.05, 0.1) is 11.9 Å². The monoisotopic (exact) mass is 185 g/mol. The van der Waals surface area contributed by atoms with Crippen molar-refractivity contribution in [3.8, 4) is 11.3 Å². The van der Waals surface area contributed by atoms with E-state index in [4.69, 9.17) is 0 Å². The van der Waals surface area contributed by atoms with Crippen molar-refractivity contribution in [2.45, 2.75) is 19.8 Å². The summed E-state index contributed by atoms with van der Waals surface area (Å²) in [4.78, 5) is 6.84. The Bertz CT molecular complexity index is 385. The molecule has 1 N–H and O–H groups in total. The Balaban J connectivity index is 2.31. The van der Waals surface area contributed by atoms with Crippen LogP contribution in [0.1, 0.15) is 25.3 Å². The molecule has 14 heavy (non-hydrogen) atoms. The molecule has 0 bridgehead atoms. The van der Waals surface area contributed by atoms with Crippen molar-refractivity contribution in [2.75, 3.05) is 0 Å². The Morgan fingerprint density at radius 2 is 1.93 bits per heavy atom. The topological polar surface area (TPSA) is 28.7 Å². The van der Waals surface area contributed by atoms with Crippen molar-refractivity contribution in [3.63, 3.8) is 0 Å². The molecule has 1 aromatic heterocycles. The molecule has 0 atom stereocenters. The van der Waals surface area contributed by atoms with E-state index in [0.717, 1.165) is 11.3 Å². The third-order valence-corrected chi connectivity index (χ3v) is 2.34. The summed E-state index contributed by atoms with van der Waals surface area (Å²) in [7, 11) is 0. The van der Waals surface area contributed by atoms with E-state index >= 15 is 0 Å². The van der Waals surface area contributed by atoms with Gasteiger partial charge < -0.3 is 4.98 Å². The van der Waals surface area contributed by atoms with E-state index in [9.17, 15) is 0 Å². The third kappa shape index (κ3) is 1.69. The van der Waals surface area contributed by atoms with Gasteiger partial charge in [-0.15, -0.1) is 0 Å². The van der Waals surface area contributed by atoms with Crippen molar-refractivity contribution >= 4 is 0 Å². The summed E-state index contributed by atoms with van der Waals surface area (Å²) in [5.74, 6) is 0.581. The highest BCUT2D eigenvalue weighted by atomic mass is 14.9. The van der Waals surface area contributed by atoms with Gasteiger partial charge in [-0.3, -0.25) is 0 Å². The predicted octanol–water partition coefficient (Wildman–Crippen LogP) is 3.00. The molecule has 0 saturated heterocycles. The van der Waals surface area contributed by atoms with Crippen LogP contribution in [-0.2, 0) is 0 Å². The first-order valence-corrected chi connectivity index (χ1v) is 4.79. The molecule has 0 spiro atoms. The van der Waals surface area contributed by atoms with E-state index in [1.54, 1.807) is 6.20 Å². The highest BCUT2D eigenvalue weighted by Gasteiger charge is 2.01. The average molecular weight is 185 g/mol. The molecule has 0 fully saturated rings. The van der Waals surface area contributed by atoms with E-state index in [1.807, 2.05) is 0 Å². The maximum absolute atomic E-state index is 3.88. The Labute approximate surface area is 84.0 Å². The maximum Gasteiger partial charge on any atom is 0.174 e. The van der Waals surface area contributed by atoms with E-state index in [0.29, 0.717) is 5.92 Å². The van der Waals surface area contributed by atoms with Gasteiger partial charge in [-0.25, -0.2) is 4.98 Å².